The molecule has 18 heteroatoms. The van der Waals surface area contributed by atoms with Gasteiger partial charge in [-0.3, -0.25) is 24.7 Å². The third-order valence-corrected chi connectivity index (χ3v) is 15.5. The van der Waals surface area contributed by atoms with E-state index in [4.69, 9.17) is 24.2 Å². The largest absolute Gasteiger partial charge is 0.468 e. The molecule has 2 aromatic heterocycles. The molecule has 2 atom stereocenters. The molecule has 0 spiro atoms. The molecule has 5 aromatic rings. The van der Waals surface area contributed by atoms with Crippen LogP contribution in [0.1, 0.15) is 73.9 Å². The van der Waals surface area contributed by atoms with Gasteiger partial charge in [0.1, 0.15) is 34.6 Å². The first-order valence-corrected chi connectivity index (χ1v) is 25.1. The highest BCUT2D eigenvalue weighted by Crippen LogP contribution is 2.47. The fourth-order valence-electron chi connectivity index (χ4n) is 11.5. The minimum absolute atomic E-state index is 0.00115. The number of piperazine rings is 1. The zero-order valence-electron chi connectivity index (χ0n) is 40.6. The van der Waals surface area contributed by atoms with E-state index >= 15 is 8.78 Å². The summed E-state index contributed by atoms with van der Waals surface area (Å²) >= 11 is 0. The first-order chi connectivity index (χ1) is 34.3. The molecule has 1 unspecified atom stereocenters. The topological polar surface area (TPSA) is 166 Å². The second-order valence-electron chi connectivity index (χ2n) is 20.9. The van der Waals surface area contributed by atoms with Gasteiger partial charge >= 0.3 is 6.01 Å². The highest BCUT2D eigenvalue weighted by molar-refractivity contribution is 6.06. The van der Waals surface area contributed by atoms with E-state index in [1.54, 1.807) is 36.2 Å². The molecule has 11 rings (SSSR count). The first kappa shape index (κ1) is 47.3. The van der Waals surface area contributed by atoms with E-state index in [2.05, 4.69) is 31.1 Å². The van der Waals surface area contributed by atoms with Crippen LogP contribution in [0.3, 0.4) is 0 Å². The Balaban J connectivity index is 0.746. The zero-order valence-corrected chi connectivity index (χ0v) is 40.6. The molecule has 3 aromatic carbocycles. The predicted octanol–water partition coefficient (Wildman–Crippen LogP) is 5.69. The van der Waals surface area contributed by atoms with Crippen LogP contribution in [0.4, 0.5) is 20.3 Å². The Bertz CT molecular complexity index is 2920. The van der Waals surface area contributed by atoms with Crippen molar-refractivity contribution in [3.05, 3.63) is 77.0 Å². The summed E-state index contributed by atoms with van der Waals surface area (Å²) < 4.78 is 50.2. The quantitative estimate of drug-likeness (QED) is 0.0971. The Kier molecular flexibility index (Phi) is 12.5. The summed E-state index contributed by atoms with van der Waals surface area (Å²) in [5.74, 6) is -0.517. The van der Waals surface area contributed by atoms with Crippen molar-refractivity contribution < 1.29 is 42.5 Å². The lowest BCUT2D eigenvalue weighted by molar-refractivity contribution is -0.136. The normalized spacial score (nSPS) is 22.8. The number of benzene rings is 3. The average Bonchev–Trinajstić information content (AvgIpc) is 4.04. The molecule has 4 saturated heterocycles. The number of hydrogen-bond donors (Lipinski definition) is 2. The van der Waals surface area contributed by atoms with Crippen LogP contribution in [0.15, 0.2) is 48.7 Å². The van der Waals surface area contributed by atoms with Gasteiger partial charge in [0.25, 0.3) is 5.91 Å². The number of carbonyl (C=O) groups excluding carboxylic acids is 3. The van der Waals surface area contributed by atoms with Gasteiger partial charge in [-0.1, -0.05) is 13.0 Å². The Hall–Kier alpha value is -6.08. The Morgan fingerprint density at radius 3 is 2.46 bits per heavy atom. The number of nitrogens with one attached hydrogen (secondary N) is 1. The van der Waals surface area contributed by atoms with Crippen LogP contribution in [0.2, 0.25) is 0 Å². The number of pyridine rings is 1. The van der Waals surface area contributed by atoms with Crippen molar-refractivity contribution in [2.24, 2.45) is 11.3 Å². The number of β-amino-alcohol motifs (C(OH)–C–C–N with tert-alkyl or cyclic N) is 1. The molecule has 0 bridgehead atoms. The number of methoxy groups -OCH3 is 1. The molecule has 5 aliphatic heterocycles. The van der Waals surface area contributed by atoms with Crippen LogP contribution in [0.25, 0.3) is 32.9 Å². The van der Waals surface area contributed by atoms with Crippen molar-refractivity contribution in [1.82, 2.24) is 35.0 Å². The van der Waals surface area contributed by atoms with Crippen molar-refractivity contribution in [3.63, 3.8) is 0 Å². The molecule has 7 heterocycles. The highest BCUT2D eigenvalue weighted by Gasteiger charge is 2.46. The van der Waals surface area contributed by atoms with E-state index < -0.39 is 23.4 Å². The fourth-order valence-corrected chi connectivity index (χ4v) is 11.5. The molecule has 71 heavy (non-hydrogen) atoms. The third kappa shape index (κ3) is 9.35. The molecule has 3 amide bonds. The van der Waals surface area contributed by atoms with Gasteiger partial charge in [-0.15, -0.1) is 0 Å². The van der Waals surface area contributed by atoms with Gasteiger partial charge in [-0.05, 0) is 104 Å². The third-order valence-electron chi connectivity index (χ3n) is 15.5. The molecule has 374 valence electrons. The summed E-state index contributed by atoms with van der Waals surface area (Å²) in [4.78, 5) is 62.7. The Labute approximate surface area is 411 Å². The zero-order chi connectivity index (χ0) is 49.2. The average molecular weight is 974 g/mol. The van der Waals surface area contributed by atoms with Gasteiger partial charge < -0.3 is 43.8 Å². The standard InChI is InChI=1S/C53H61F2N9O7/c1-4-37-41(54)9-6-33-21-36(71-31-69-3)22-39(44(33)37)46-45(55)47-40(23-56-46)48(62-15-5-12-52(2,68)28-62)59-51(58-47)70-30-53(13-14-53)29-61-18-16-60(17-19-61)24-32-25-63(26-32)35-7-8-38-34(20-35)27-64(50(38)67)42-10-11-43(65)57-49(42)66/h6-9,20-23,32,42,68H,4-5,10-19,24-31H2,1-3H3,(H,57,65,66)/t42?,52-/m1/s1. The van der Waals surface area contributed by atoms with E-state index in [1.165, 1.54) is 13.2 Å². The van der Waals surface area contributed by atoms with Crippen molar-refractivity contribution in [2.75, 3.05) is 95.8 Å². The minimum atomic E-state index is -0.968. The number of hydrogen-bond acceptors (Lipinski definition) is 14. The second kappa shape index (κ2) is 18.8. The molecular weight excluding hydrogens is 913 g/mol. The van der Waals surface area contributed by atoms with Gasteiger partial charge in [0.15, 0.2) is 12.6 Å². The molecular formula is C53H61F2N9O7. The van der Waals surface area contributed by atoms with Crippen molar-refractivity contribution in [2.45, 2.75) is 77.0 Å². The van der Waals surface area contributed by atoms with Crippen molar-refractivity contribution >= 4 is 50.9 Å². The summed E-state index contributed by atoms with van der Waals surface area (Å²) in [5.41, 5.74) is 2.44. The van der Waals surface area contributed by atoms with E-state index in [0.717, 1.165) is 82.9 Å². The maximum atomic E-state index is 17.4. The number of aromatic nitrogens is 3. The molecule has 0 radical (unpaired) electrons. The van der Waals surface area contributed by atoms with Crippen LogP contribution in [0.5, 0.6) is 11.8 Å². The van der Waals surface area contributed by atoms with E-state index in [0.29, 0.717) is 95.8 Å². The monoisotopic (exact) mass is 973 g/mol. The van der Waals surface area contributed by atoms with Gasteiger partial charge in [0.2, 0.25) is 11.8 Å². The first-order valence-electron chi connectivity index (χ1n) is 25.1. The lowest BCUT2D eigenvalue weighted by atomic mass is 9.94. The van der Waals surface area contributed by atoms with E-state index in [-0.39, 0.29) is 53.5 Å². The Morgan fingerprint density at radius 2 is 1.72 bits per heavy atom. The number of amides is 3. The highest BCUT2D eigenvalue weighted by atomic mass is 19.1. The van der Waals surface area contributed by atoms with Gasteiger partial charge in [-0.2, -0.15) is 9.97 Å². The van der Waals surface area contributed by atoms with Gasteiger partial charge in [-0.25, -0.2) is 8.78 Å². The Morgan fingerprint density at radius 1 is 0.915 bits per heavy atom. The number of piperidine rings is 2. The predicted molar refractivity (Wildman–Crippen MR) is 262 cm³/mol. The van der Waals surface area contributed by atoms with E-state index in [1.807, 2.05) is 24.0 Å². The molecule has 5 fully saturated rings. The van der Waals surface area contributed by atoms with E-state index in [9.17, 15) is 19.5 Å². The lowest BCUT2D eigenvalue weighted by Crippen LogP contribution is -2.55. The number of aryl methyl sites for hydroxylation is 1. The number of ether oxygens (including phenoxy) is 3. The number of rotatable bonds is 15. The number of halogens is 2. The van der Waals surface area contributed by atoms with Crippen LogP contribution in [-0.4, -0.2) is 150 Å². The number of fused-ring (bicyclic) bond motifs is 3. The molecule has 16 nitrogen and oxygen atoms in total. The van der Waals surface area contributed by atoms with Crippen LogP contribution >= 0.6 is 0 Å². The number of nitrogens with zero attached hydrogens (tertiary/aromatic N) is 8. The molecule has 2 N–H and O–H groups in total. The van der Waals surface area contributed by atoms with Crippen molar-refractivity contribution in [1.29, 1.82) is 0 Å². The smallest absolute Gasteiger partial charge is 0.319 e. The van der Waals surface area contributed by atoms with Gasteiger partial charge in [0, 0.05) is 120 Å². The number of anilines is 2. The van der Waals surface area contributed by atoms with Crippen LogP contribution in [-0.2, 0) is 27.3 Å². The van der Waals surface area contributed by atoms with Crippen LogP contribution < -0.4 is 24.6 Å². The SMILES string of the molecule is CCc1c(F)ccc2cc(OCOC)cc(-c3ncc4c(N5CCC[C@@](C)(O)C5)nc(OCC5(CN6CCN(CC7CN(c8ccc9c(c8)CN(C8CCC(=O)NC8=O)C9=O)C7)CC6)CC5)nc4c3F)c12. The summed E-state index contributed by atoms with van der Waals surface area (Å²) in [7, 11) is 1.52. The van der Waals surface area contributed by atoms with Crippen molar-refractivity contribution in [3.8, 4) is 23.0 Å². The second-order valence-corrected chi connectivity index (χ2v) is 20.9. The maximum absolute atomic E-state index is 17.4. The van der Waals surface area contributed by atoms with Gasteiger partial charge in [0.05, 0.1) is 17.6 Å². The molecule has 1 saturated carbocycles. The molecule has 1 aliphatic carbocycles. The number of carbonyl (C=O) groups is 3. The summed E-state index contributed by atoms with van der Waals surface area (Å²) in [6, 6.07) is 11.9. The number of aliphatic hydroxyl groups is 1. The minimum Gasteiger partial charge on any atom is -0.468 e. The summed E-state index contributed by atoms with van der Waals surface area (Å²) in [6.07, 6.45) is 5.88. The lowest BCUT2D eigenvalue weighted by Gasteiger charge is -2.45. The number of imide groups is 1. The van der Waals surface area contributed by atoms with Crippen LogP contribution in [0, 0.1) is 23.0 Å². The fraction of sp³-hybridized carbons (Fsp3) is 0.509. The summed E-state index contributed by atoms with van der Waals surface area (Å²) in [5, 5.41) is 15.1. The maximum Gasteiger partial charge on any atom is 0.319 e. The summed E-state index contributed by atoms with van der Waals surface area (Å²) in [6.45, 7) is 12.9. The molecule has 6 aliphatic rings.